The van der Waals surface area contributed by atoms with Crippen molar-refractivity contribution in [1.29, 1.82) is 0 Å². The van der Waals surface area contributed by atoms with E-state index in [9.17, 15) is 0 Å². The van der Waals surface area contributed by atoms with Gasteiger partial charge in [-0.05, 0) is 60.8 Å². The average Bonchev–Trinajstić information content (AvgIpc) is 2.60. The number of nitrogens with one attached hydrogen (secondary N) is 1. The van der Waals surface area contributed by atoms with Crippen molar-refractivity contribution in [3.8, 4) is 0 Å². The Labute approximate surface area is 128 Å². The minimum atomic E-state index is 0.514. The van der Waals surface area contributed by atoms with Gasteiger partial charge in [-0.3, -0.25) is 0 Å². The number of halogens is 2. The maximum absolute atomic E-state index is 5.91. The second-order valence-corrected chi connectivity index (χ2v) is 6.32. The molecule has 1 atom stereocenters. The standard InChI is InChI=1S/C14H21BrClN3/c1-2-6-19-7-3-4-11(5-8-19)18-12-9-13(15)14(16)17-10-12/h9-11,18H,2-8H2,1H3. The van der Waals surface area contributed by atoms with Gasteiger partial charge in [0.25, 0.3) is 0 Å². The summed E-state index contributed by atoms with van der Waals surface area (Å²) in [6.07, 6.45) is 6.73. The Morgan fingerprint density at radius 3 is 3.05 bits per heavy atom. The predicted octanol–water partition coefficient (Wildman–Crippen LogP) is 4.17. The molecule has 1 aromatic heterocycles. The zero-order valence-corrected chi connectivity index (χ0v) is 13.7. The molecule has 3 nitrogen and oxygen atoms in total. The largest absolute Gasteiger partial charge is 0.381 e. The molecule has 1 unspecified atom stereocenters. The molecule has 0 spiro atoms. The molecule has 1 fully saturated rings. The molecule has 0 aliphatic carbocycles. The molecule has 0 radical (unpaired) electrons. The molecule has 2 heterocycles. The zero-order chi connectivity index (χ0) is 13.7. The first-order chi connectivity index (χ1) is 9.19. The van der Waals surface area contributed by atoms with Crippen molar-refractivity contribution in [3.05, 3.63) is 21.9 Å². The van der Waals surface area contributed by atoms with Crippen LogP contribution in [0.3, 0.4) is 0 Å². The van der Waals surface area contributed by atoms with Gasteiger partial charge in [0.1, 0.15) is 5.15 Å². The fraction of sp³-hybridized carbons (Fsp3) is 0.643. The molecule has 1 aliphatic rings. The summed E-state index contributed by atoms with van der Waals surface area (Å²) >= 11 is 9.32. The van der Waals surface area contributed by atoms with E-state index < -0.39 is 0 Å². The summed E-state index contributed by atoms with van der Waals surface area (Å²) in [6.45, 7) is 5.89. The number of aromatic nitrogens is 1. The quantitative estimate of drug-likeness (QED) is 0.829. The molecule has 0 saturated carbocycles. The molecule has 5 heteroatoms. The van der Waals surface area contributed by atoms with Crippen LogP contribution in [0.5, 0.6) is 0 Å². The number of pyridine rings is 1. The predicted molar refractivity (Wildman–Crippen MR) is 84.9 cm³/mol. The van der Waals surface area contributed by atoms with Crippen molar-refractivity contribution in [1.82, 2.24) is 9.88 Å². The third-order valence-electron chi connectivity index (χ3n) is 3.53. The van der Waals surface area contributed by atoms with E-state index >= 15 is 0 Å². The number of hydrogen-bond acceptors (Lipinski definition) is 3. The third-order valence-corrected chi connectivity index (χ3v) is 4.66. The Balaban J connectivity index is 1.90. The summed E-state index contributed by atoms with van der Waals surface area (Å²) < 4.78 is 0.848. The summed E-state index contributed by atoms with van der Waals surface area (Å²) in [7, 11) is 0. The minimum Gasteiger partial charge on any atom is -0.381 e. The van der Waals surface area contributed by atoms with E-state index in [0.29, 0.717) is 11.2 Å². The van der Waals surface area contributed by atoms with Crippen molar-refractivity contribution in [2.75, 3.05) is 25.0 Å². The second-order valence-electron chi connectivity index (χ2n) is 5.11. The van der Waals surface area contributed by atoms with Crippen LogP contribution in [-0.2, 0) is 0 Å². The van der Waals surface area contributed by atoms with Crippen LogP contribution in [-0.4, -0.2) is 35.6 Å². The number of likely N-dealkylation sites (tertiary alicyclic amines) is 1. The lowest BCUT2D eigenvalue weighted by Crippen LogP contribution is -2.27. The third kappa shape index (κ3) is 4.62. The Bertz CT molecular complexity index is 414. The van der Waals surface area contributed by atoms with E-state index in [1.165, 1.54) is 45.3 Å². The second kappa shape index (κ2) is 7.46. The molecule has 1 aliphatic heterocycles. The highest BCUT2D eigenvalue weighted by Gasteiger charge is 2.16. The Kier molecular flexibility index (Phi) is 5.92. The lowest BCUT2D eigenvalue weighted by Gasteiger charge is -2.20. The van der Waals surface area contributed by atoms with Crippen LogP contribution >= 0.6 is 27.5 Å². The van der Waals surface area contributed by atoms with Gasteiger partial charge in [0.05, 0.1) is 16.4 Å². The highest BCUT2D eigenvalue weighted by atomic mass is 79.9. The van der Waals surface area contributed by atoms with Gasteiger partial charge in [0, 0.05) is 12.6 Å². The minimum absolute atomic E-state index is 0.514. The van der Waals surface area contributed by atoms with Gasteiger partial charge < -0.3 is 10.2 Å². The van der Waals surface area contributed by atoms with Gasteiger partial charge in [0.2, 0.25) is 0 Å². The van der Waals surface area contributed by atoms with E-state index in [0.717, 1.165) is 10.2 Å². The maximum Gasteiger partial charge on any atom is 0.143 e. The first-order valence-corrected chi connectivity index (χ1v) is 8.16. The van der Waals surface area contributed by atoms with Gasteiger partial charge in [-0.2, -0.15) is 0 Å². The average molecular weight is 347 g/mol. The molecule has 1 aromatic rings. The van der Waals surface area contributed by atoms with Gasteiger partial charge in [0.15, 0.2) is 0 Å². The topological polar surface area (TPSA) is 28.2 Å². The normalized spacial score (nSPS) is 21.1. The molecular weight excluding hydrogens is 326 g/mol. The highest BCUT2D eigenvalue weighted by molar-refractivity contribution is 9.10. The van der Waals surface area contributed by atoms with E-state index in [-0.39, 0.29) is 0 Å². The number of nitrogens with zero attached hydrogens (tertiary/aromatic N) is 2. The van der Waals surface area contributed by atoms with E-state index in [1.807, 2.05) is 12.3 Å². The van der Waals surface area contributed by atoms with Gasteiger partial charge in [-0.1, -0.05) is 18.5 Å². The van der Waals surface area contributed by atoms with Crippen LogP contribution in [0.15, 0.2) is 16.7 Å². The Morgan fingerprint density at radius 1 is 1.47 bits per heavy atom. The zero-order valence-electron chi connectivity index (χ0n) is 11.3. The number of rotatable bonds is 4. The summed E-state index contributed by atoms with van der Waals surface area (Å²) in [5.41, 5.74) is 1.05. The van der Waals surface area contributed by atoms with Crippen molar-refractivity contribution in [3.63, 3.8) is 0 Å². The fourth-order valence-corrected chi connectivity index (χ4v) is 3.03. The summed E-state index contributed by atoms with van der Waals surface area (Å²) in [4.78, 5) is 6.72. The first kappa shape index (κ1) is 15.1. The number of anilines is 1. The van der Waals surface area contributed by atoms with Gasteiger partial charge in [-0.15, -0.1) is 0 Å². The van der Waals surface area contributed by atoms with Crippen LogP contribution in [0, 0.1) is 0 Å². The SMILES string of the molecule is CCCN1CCCC(Nc2cnc(Cl)c(Br)c2)CC1. The van der Waals surface area contributed by atoms with Crippen molar-refractivity contribution in [2.45, 2.75) is 38.6 Å². The summed E-state index contributed by atoms with van der Waals surface area (Å²) in [6, 6.07) is 2.54. The van der Waals surface area contributed by atoms with Gasteiger partial charge in [-0.25, -0.2) is 4.98 Å². The molecule has 0 aromatic carbocycles. The fourth-order valence-electron chi connectivity index (χ4n) is 2.58. The lowest BCUT2D eigenvalue weighted by atomic mass is 10.1. The van der Waals surface area contributed by atoms with Crippen LogP contribution in [0.2, 0.25) is 5.15 Å². The summed E-state index contributed by atoms with van der Waals surface area (Å²) in [5, 5.41) is 4.09. The Hall–Kier alpha value is -0.320. The van der Waals surface area contributed by atoms with Crippen molar-refractivity contribution >= 4 is 33.2 Å². The van der Waals surface area contributed by atoms with Crippen molar-refractivity contribution in [2.24, 2.45) is 0 Å². The first-order valence-electron chi connectivity index (χ1n) is 6.99. The van der Waals surface area contributed by atoms with Crippen LogP contribution in [0.1, 0.15) is 32.6 Å². The van der Waals surface area contributed by atoms with Crippen LogP contribution in [0.25, 0.3) is 0 Å². The molecule has 106 valence electrons. The summed E-state index contributed by atoms with van der Waals surface area (Å²) in [5.74, 6) is 0. The van der Waals surface area contributed by atoms with E-state index in [4.69, 9.17) is 11.6 Å². The molecule has 1 N–H and O–H groups in total. The molecule has 1 saturated heterocycles. The van der Waals surface area contributed by atoms with Crippen LogP contribution < -0.4 is 5.32 Å². The molecular formula is C14H21BrClN3. The molecule has 2 rings (SSSR count). The van der Waals surface area contributed by atoms with Crippen molar-refractivity contribution < 1.29 is 0 Å². The lowest BCUT2D eigenvalue weighted by molar-refractivity contribution is 0.285. The Morgan fingerprint density at radius 2 is 2.32 bits per heavy atom. The van der Waals surface area contributed by atoms with Crippen LogP contribution in [0.4, 0.5) is 5.69 Å². The molecule has 0 bridgehead atoms. The highest BCUT2D eigenvalue weighted by Crippen LogP contribution is 2.24. The van der Waals surface area contributed by atoms with Gasteiger partial charge >= 0.3 is 0 Å². The molecule has 19 heavy (non-hydrogen) atoms. The van der Waals surface area contributed by atoms with E-state index in [1.54, 1.807) is 0 Å². The molecule has 0 amide bonds. The monoisotopic (exact) mass is 345 g/mol. The van der Waals surface area contributed by atoms with E-state index in [2.05, 4.69) is 38.1 Å². The number of hydrogen-bond donors (Lipinski definition) is 1. The maximum atomic E-state index is 5.91. The smallest absolute Gasteiger partial charge is 0.143 e.